The Labute approximate surface area is 226 Å². The number of aliphatic hydroxyl groups excluding tert-OH is 2. The van der Waals surface area contributed by atoms with Gasteiger partial charge in [0.1, 0.15) is 5.78 Å². The van der Waals surface area contributed by atoms with Gasteiger partial charge in [0.2, 0.25) is 5.91 Å². The van der Waals surface area contributed by atoms with E-state index in [4.69, 9.17) is 0 Å². The number of amides is 1. The van der Waals surface area contributed by atoms with Gasteiger partial charge in [0.05, 0.1) is 17.6 Å². The Bertz CT molecular complexity index is 971. The largest absolute Gasteiger partial charge is 0.388 e. The van der Waals surface area contributed by atoms with Crippen molar-refractivity contribution in [1.29, 1.82) is 0 Å². The highest BCUT2D eigenvalue weighted by atomic mass is 79.9. The number of hydrogen-bond donors (Lipinski definition) is 3. The summed E-state index contributed by atoms with van der Waals surface area (Å²) in [6.07, 6.45) is 16.3. The predicted molar refractivity (Wildman–Crippen MR) is 153 cm³/mol. The maximum absolute atomic E-state index is 12.7. The maximum atomic E-state index is 12.7. The van der Waals surface area contributed by atoms with E-state index < -0.39 is 17.6 Å². The van der Waals surface area contributed by atoms with Crippen molar-refractivity contribution in [3.05, 3.63) is 70.3 Å². The predicted octanol–water partition coefficient (Wildman–Crippen LogP) is 5.86. The minimum Gasteiger partial charge on any atom is -0.388 e. The van der Waals surface area contributed by atoms with Crippen LogP contribution in [0.2, 0.25) is 0 Å². The number of Topliss-reactive ketones (excluding diaryl/α,β-unsaturated/α-hetero) is 1. The van der Waals surface area contributed by atoms with Crippen molar-refractivity contribution in [2.45, 2.75) is 86.0 Å². The van der Waals surface area contributed by atoms with Crippen LogP contribution in [-0.2, 0) is 9.59 Å². The van der Waals surface area contributed by atoms with E-state index in [1.54, 1.807) is 45.9 Å². The molecule has 6 heteroatoms. The second-order valence-electron chi connectivity index (χ2n) is 9.36. The summed E-state index contributed by atoms with van der Waals surface area (Å²) in [6, 6.07) is -0.148. The molecule has 0 bridgehead atoms. The van der Waals surface area contributed by atoms with Crippen molar-refractivity contribution in [2.75, 3.05) is 0 Å². The van der Waals surface area contributed by atoms with Crippen molar-refractivity contribution in [1.82, 2.24) is 5.32 Å². The SMILES string of the molecule is CC#C/C=C\C=C\CC(O)/C(Br)=C(C)/C=C/C=C\C=C(\C)C(O)C(C)(C)C(=O)NC(C)CCC(C)=O. The van der Waals surface area contributed by atoms with Gasteiger partial charge in [-0.2, -0.15) is 0 Å². The fourth-order valence-corrected chi connectivity index (χ4v) is 3.40. The Morgan fingerprint density at radius 3 is 2.33 bits per heavy atom. The zero-order valence-electron chi connectivity index (χ0n) is 22.6. The number of halogens is 1. The van der Waals surface area contributed by atoms with Gasteiger partial charge in [0, 0.05) is 16.9 Å². The van der Waals surface area contributed by atoms with E-state index in [1.165, 1.54) is 6.92 Å². The summed E-state index contributed by atoms with van der Waals surface area (Å²) in [5.41, 5.74) is 0.527. The van der Waals surface area contributed by atoms with Gasteiger partial charge >= 0.3 is 0 Å². The molecule has 36 heavy (non-hydrogen) atoms. The summed E-state index contributed by atoms with van der Waals surface area (Å²) >= 11 is 3.46. The van der Waals surface area contributed by atoms with Gasteiger partial charge in [0.15, 0.2) is 0 Å². The molecule has 3 N–H and O–H groups in total. The van der Waals surface area contributed by atoms with Gasteiger partial charge in [-0.05, 0) is 78.5 Å². The number of rotatable bonds is 14. The molecule has 0 aromatic heterocycles. The minimum atomic E-state index is -1.03. The molecule has 0 saturated carbocycles. The van der Waals surface area contributed by atoms with Gasteiger partial charge in [-0.1, -0.05) is 70.5 Å². The average molecular weight is 561 g/mol. The molecule has 0 heterocycles. The second-order valence-corrected chi connectivity index (χ2v) is 10.2. The Kier molecular flexibility index (Phi) is 16.7. The molecule has 3 unspecified atom stereocenters. The van der Waals surface area contributed by atoms with E-state index >= 15 is 0 Å². The lowest BCUT2D eigenvalue weighted by Crippen LogP contribution is -2.48. The molecule has 0 saturated heterocycles. The van der Waals surface area contributed by atoms with Crippen LogP contribution in [0.3, 0.4) is 0 Å². The van der Waals surface area contributed by atoms with Crippen molar-refractivity contribution in [2.24, 2.45) is 5.41 Å². The molecule has 0 aliphatic heterocycles. The van der Waals surface area contributed by atoms with E-state index in [9.17, 15) is 19.8 Å². The number of carbonyl (C=O) groups excluding carboxylic acids is 2. The first kappa shape index (κ1) is 33.5. The minimum absolute atomic E-state index is 0.0864. The fraction of sp³-hybridized carbons (Fsp3) is 0.467. The standard InChI is InChI=1S/C30H42BrNO4/c1-8-9-10-11-12-16-19-26(34)27(31)22(2)17-14-13-15-18-23(3)28(35)30(6,7)29(36)32-24(4)20-21-25(5)33/h10-18,24,26,28,34-35H,19-21H2,1-7H3,(H,32,36)/b11-10-,15-13-,16-12+,17-14+,23-18-,27-22-. The molecule has 3 atom stereocenters. The number of allylic oxidation sites excluding steroid dienone is 9. The van der Waals surface area contributed by atoms with Crippen LogP contribution in [0.5, 0.6) is 0 Å². The zero-order chi connectivity index (χ0) is 27.7. The van der Waals surface area contributed by atoms with Crippen molar-refractivity contribution < 1.29 is 19.8 Å². The molecule has 0 aromatic rings. The quantitative estimate of drug-likeness (QED) is 0.184. The van der Waals surface area contributed by atoms with Gasteiger partial charge in [-0.3, -0.25) is 4.79 Å². The summed E-state index contributed by atoms with van der Waals surface area (Å²) < 4.78 is 0.710. The lowest BCUT2D eigenvalue weighted by atomic mass is 9.81. The highest BCUT2D eigenvalue weighted by Crippen LogP contribution is 2.27. The molecule has 0 radical (unpaired) electrons. The Morgan fingerprint density at radius 2 is 1.72 bits per heavy atom. The van der Waals surface area contributed by atoms with Crippen molar-refractivity contribution in [3.63, 3.8) is 0 Å². The van der Waals surface area contributed by atoms with E-state index in [-0.39, 0.29) is 17.7 Å². The lowest BCUT2D eigenvalue weighted by Gasteiger charge is -2.31. The molecule has 0 aliphatic carbocycles. The van der Waals surface area contributed by atoms with Crippen LogP contribution in [0.4, 0.5) is 0 Å². The topological polar surface area (TPSA) is 86.6 Å². The molecule has 198 valence electrons. The summed E-state index contributed by atoms with van der Waals surface area (Å²) in [5, 5.41) is 24.0. The normalized spacial score (nSPS) is 16.2. The maximum Gasteiger partial charge on any atom is 0.228 e. The summed E-state index contributed by atoms with van der Waals surface area (Å²) in [6.45, 7) is 12.2. The lowest BCUT2D eigenvalue weighted by molar-refractivity contribution is -0.134. The van der Waals surface area contributed by atoms with Gasteiger partial charge in [0.25, 0.3) is 0 Å². The Balaban J connectivity index is 5.00. The smallest absolute Gasteiger partial charge is 0.228 e. The van der Waals surface area contributed by atoms with Crippen LogP contribution in [0, 0.1) is 17.3 Å². The Morgan fingerprint density at radius 1 is 1.06 bits per heavy atom. The number of hydrogen-bond acceptors (Lipinski definition) is 4. The number of aliphatic hydroxyl groups is 2. The van der Waals surface area contributed by atoms with Crippen LogP contribution in [0.15, 0.2) is 70.3 Å². The third kappa shape index (κ3) is 13.6. The first-order valence-electron chi connectivity index (χ1n) is 12.1. The van der Waals surface area contributed by atoms with Crippen LogP contribution in [-0.4, -0.2) is 40.2 Å². The molecule has 0 spiro atoms. The third-order valence-corrected chi connectivity index (χ3v) is 6.69. The zero-order valence-corrected chi connectivity index (χ0v) is 24.2. The molecule has 1 amide bonds. The molecule has 5 nitrogen and oxygen atoms in total. The van der Waals surface area contributed by atoms with Crippen LogP contribution in [0.25, 0.3) is 0 Å². The van der Waals surface area contributed by atoms with Crippen LogP contribution < -0.4 is 5.32 Å². The monoisotopic (exact) mass is 559 g/mol. The average Bonchev–Trinajstić information content (AvgIpc) is 2.82. The molecular formula is C30H42BrNO4. The van der Waals surface area contributed by atoms with Gasteiger partial charge in [-0.15, -0.1) is 5.92 Å². The number of carbonyl (C=O) groups is 2. The van der Waals surface area contributed by atoms with E-state index in [1.807, 2.05) is 50.3 Å². The summed E-state index contributed by atoms with van der Waals surface area (Å²) in [5.74, 6) is 5.43. The molecule has 0 fully saturated rings. The van der Waals surface area contributed by atoms with E-state index in [0.717, 1.165) is 5.57 Å². The highest BCUT2D eigenvalue weighted by Gasteiger charge is 2.37. The molecule has 0 aromatic carbocycles. The third-order valence-electron chi connectivity index (χ3n) is 5.53. The van der Waals surface area contributed by atoms with Crippen LogP contribution >= 0.6 is 15.9 Å². The molecule has 0 rings (SSSR count). The first-order chi connectivity index (χ1) is 16.8. The molecular weight excluding hydrogens is 518 g/mol. The highest BCUT2D eigenvalue weighted by molar-refractivity contribution is 9.11. The fourth-order valence-electron chi connectivity index (χ4n) is 3.08. The molecule has 0 aliphatic rings. The van der Waals surface area contributed by atoms with Crippen LogP contribution in [0.1, 0.15) is 67.7 Å². The number of ketones is 1. The van der Waals surface area contributed by atoms with Crippen molar-refractivity contribution >= 4 is 27.6 Å². The second kappa shape index (κ2) is 17.9. The van der Waals surface area contributed by atoms with E-state index in [2.05, 4.69) is 33.1 Å². The summed E-state index contributed by atoms with van der Waals surface area (Å²) in [7, 11) is 0. The Hall–Kier alpha value is -2.46. The van der Waals surface area contributed by atoms with Crippen molar-refractivity contribution in [3.8, 4) is 11.8 Å². The van der Waals surface area contributed by atoms with Gasteiger partial charge in [-0.25, -0.2) is 0 Å². The number of nitrogens with one attached hydrogen (secondary N) is 1. The van der Waals surface area contributed by atoms with Gasteiger partial charge < -0.3 is 20.3 Å². The summed E-state index contributed by atoms with van der Waals surface area (Å²) in [4.78, 5) is 23.9. The first-order valence-corrected chi connectivity index (χ1v) is 12.9. The van der Waals surface area contributed by atoms with E-state index in [0.29, 0.717) is 29.3 Å².